The van der Waals surface area contributed by atoms with Gasteiger partial charge in [0.1, 0.15) is 5.75 Å². The third-order valence-electron chi connectivity index (χ3n) is 5.21. The number of carbonyl (C=O) groups excluding carboxylic acids is 2. The van der Waals surface area contributed by atoms with Gasteiger partial charge in [-0.05, 0) is 48.6 Å². The molecule has 1 aliphatic heterocycles. The lowest BCUT2D eigenvalue weighted by molar-refractivity contribution is -0.143. The number of nitrogens with zero attached hydrogens (tertiary/aromatic N) is 2. The third kappa shape index (κ3) is 5.31. The number of alkyl halides is 1. The average molecular weight is 399 g/mol. The van der Waals surface area contributed by atoms with Crippen molar-refractivity contribution in [2.45, 2.75) is 37.9 Å². The van der Waals surface area contributed by atoms with Crippen molar-refractivity contribution in [2.75, 3.05) is 20.2 Å². The zero-order valence-electron chi connectivity index (χ0n) is 16.6. The second kappa shape index (κ2) is 9.49. The zero-order valence-corrected chi connectivity index (χ0v) is 16.6. The molecular formula is C22H26FN3O3. The quantitative estimate of drug-likeness (QED) is 0.777. The van der Waals surface area contributed by atoms with Crippen LogP contribution in [-0.4, -0.2) is 47.6 Å². The second-order valence-corrected chi connectivity index (χ2v) is 7.23. The van der Waals surface area contributed by atoms with Crippen molar-refractivity contribution in [1.29, 1.82) is 0 Å². The van der Waals surface area contributed by atoms with Crippen LogP contribution in [0.5, 0.6) is 5.75 Å². The number of likely N-dealkylation sites (tertiary alicyclic amines) is 1. The molecule has 1 aromatic carbocycles. The molecule has 0 bridgehead atoms. The predicted octanol–water partition coefficient (Wildman–Crippen LogP) is 2.67. The summed E-state index contributed by atoms with van der Waals surface area (Å²) in [5.74, 6) is -0.0922. The van der Waals surface area contributed by atoms with Gasteiger partial charge < -0.3 is 15.0 Å². The van der Waals surface area contributed by atoms with Gasteiger partial charge in [0.2, 0.25) is 11.6 Å². The molecule has 6 nitrogen and oxygen atoms in total. The number of pyridine rings is 1. The largest absolute Gasteiger partial charge is 0.496 e. The maximum atomic E-state index is 15.3. The summed E-state index contributed by atoms with van der Waals surface area (Å²) in [6, 6.07) is 11.0. The second-order valence-electron chi connectivity index (χ2n) is 7.23. The molecule has 1 saturated heterocycles. The fourth-order valence-corrected chi connectivity index (χ4v) is 3.56. The van der Waals surface area contributed by atoms with Gasteiger partial charge in [-0.1, -0.05) is 18.2 Å². The molecule has 1 aliphatic rings. The Labute approximate surface area is 170 Å². The number of methoxy groups -OCH3 is 1. The van der Waals surface area contributed by atoms with Gasteiger partial charge in [0.25, 0.3) is 5.91 Å². The van der Waals surface area contributed by atoms with E-state index in [0.717, 1.165) is 16.9 Å². The average Bonchev–Trinajstić information content (AvgIpc) is 2.76. The fraction of sp³-hybridized carbons (Fsp3) is 0.409. The number of para-hydroxylation sites is 1. The number of nitrogens with one attached hydrogen (secondary N) is 1. The van der Waals surface area contributed by atoms with Crippen LogP contribution in [0.15, 0.2) is 48.8 Å². The molecule has 2 aromatic rings. The van der Waals surface area contributed by atoms with Crippen molar-refractivity contribution in [3.8, 4) is 5.75 Å². The first-order valence-electron chi connectivity index (χ1n) is 9.77. The third-order valence-corrected chi connectivity index (χ3v) is 5.21. The normalized spacial score (nSPS) is 18.9. The number of hydrogen-bond donors (Lipinski definition) is 1. The van der Waals surface area contributed by atoms with Crippen molar-refractivity contribution < 1.29 is 18.7 Å². The summed E-state index contributed by atoms with van der Waals surface area (Å²) in [7, 11) is 1.59. The summed E-state index contributed by atoms with van der Waals surface area (Å²) < 4.78 is 20.6. The molecule has 3 rings (SSSR count). The monoisotopic (exact) mass is 399 g/mol. The minimum absolute atomic E-state index is 0.117. The lowest BCUT2D eigenvalue weighted by Gasteiger charge is -2.36. The lowest BCUT2D eigenvalue weighted by atomic mass is 9.93. The molecule has 0 aliphatic carbocycles. The number of rotatable bonds is 7. The SMILES string of the molecule is COc1ccccc1CCC(=O)N1CCCC(F)(C(=O)NCc2ccncc2)C1. The standard InChI is InChI=1S/C22H26FN3O3/c1-29-19-6-3-2-5-18(19)7-8-20(27)26-14-4-11-22(23,16-26)21(28)25-15-17-9-12-24-13-10-17/h2-3,5-6,9-10,12-13H,4,7-8,11,14-16H2,1H3,(H,25,28). The highest BCUT2D eigenvalue weighted by Gasteiger charge is 2.43. The van der Waals surface area contributed by atoms with Gasteiger partial charge in [0.05, 0.1) is 13.7 Å². The number of halogens is 1. The highest BCUT2D eigenvalue weighted by atomic mass is 19.1. The summed E-state index contributed by atoms with van der Waals surface area (Å²) in [5.41, 5.74) is -0.287. The fourth-order valence-electron chi connectivity index (χ4n) is 3.56. The van der Waals surface area contributed by atoms with Crippen molar-refractivity contribution in [2.24, 2.45) is 0 Å². The van der Waals surface area contributed by atoms with Crippen LogP contribution in [-0.2, 0) is 22.6 Å². The Morgan fingerprint density at radius 3 is 2.76 bits per heavy atom. The molecule has 2 heterocycles. The number of hydrogen-bond acceptors (Lipinski definition) is 4. The molecule has 0 spiro atoms. The smallest absolute Gasteiger partial charge is 0.259 e. The van der Waals surface area contributed by atoms with Crippen molar-refractivity contribution in [1.82, 2.24) is 15.2 Å². The molecule has 1 atom stereocenters. The molecule has 0 radical (unpaired) electrons. The van der Waals surface area contributed by atoms with E-state index in [9.17, 15) is 9.59 Å². The van der Waals surface area contributed by atoms with E-state index in [1.54, 1.807) is 31.6 Å². The first kappa shape index (κ1) is 20.8. The van der Waals surface area contributed by atoms with E-state index < -0.39 is 11.6 Å². The van der Waals surface area contributed by atoms with Crippen LogP contribution in [0.4, 0.5) is 4.39 Å². The minimum Gasteiger partial charge on any atom is -0.496 e. The lowest BCUT2D eigenvalue weighted by Crippen LogP contribution is -2.55. The molecule has 7 heteroatoms. The minimum atomic E-state index is -2.06. The number of aryl methyl sites for hydroxylation is 1. The molecule has 29 heavy (non-hydrogen) atoms. The van der Waals surface area contributed by atoms with Crippen molar-refractivity contribution in [3.05, 3.63) is 59.9 Å². The molecule has 0 saturated carbocycles. The summed E-state index contributed by atoms with van der Waals surface area (Å²) in [4.78, 5) is 30.5. The van der Waals surface area contributed by atoms with Gasteiger partial charge in [0, 0.05) is 31.9 Å². The van der Waals surface area contributed by atoms with Crippen LogP contribution in [0, 0.1) is 0 Å². The molecule has 154 valence electrons. The van der Waals surface area contributed by atoms with E-state index in [-0.39, 0.29) is 31.8 Å². The van der Waals surface area contributed by atoms with E-state index in [1.807, 2.05) is 24.3 Å². The van der Waals surface area contributed by atoms with E-state index in [1.165, 1.54) is 4.90 Å². The molecule has 1 aromatic heterocycles. The molecule has 1 unspecified atom stereocenters. The van der Waals surface area contributed by atoms with Crippen LogP contribution in [0.1, 0.15) is 30.4 Å². The number of carbonyl (C=O) groups is 2. The summed E-state index contributed by atoms with van der Waals surface area (Å²) in [6.45, 7) is 0.489. The van der Waals surface area contributed by atoms with Gasteiger partial charge in [-0.15, -0.1) is 0 Å². The highest BCUT2D eigenvalue weighted by molar-refractivity contribution is 5.86. The van der Waals surface area contributed by atoms with Crippen LogP contribution in [0.2, 0.25) is 0 Å². The topological polar surface area (TPSA) is 71.5 Å². The molecule has 2 amide bonds. The Hall–Kier alpha value is -2.96. The van der Waals surface area contributed by atoms with E-state index in [0.29, 0.717) is 19.4 Å². The van der Waals surface area contributed by atoms with Crippen molar-refractivity contribution in [3.63, 3.8) is 0 Å². The Morgan fingerprint density at radius 2 is 2.00 bits per heavy atom. The van der Waals surface area contributed by atoms with E-state index >= 15 is 4.39 Å². The van der Waals surface area contributed by atoms with Gasteiger partial charge in [-0.2, -0.15) is 0 Å². The van der Waals surface area contributed by atoms with Gasteiger partial charge in [0.15, 0.2) is 0 Å². The van der Waals surface area contributed by atoms with Crippen LogP contribution >= 0.6 is 0 Å². The molecule has 1 N–H and O–H groups in total. The molecular weight excluding hydrogens is 373 g/mol. The highest BCUT2D eigenvalue weighted by Crippen LogP contribution is 2.27. The van der Waals surface area contributed by atoms with E-state index in [2.05, 4.69) is 10.3 Å². The van der Waals surface area contributed by atoms with Gasteiger partial charge in [-0.25, -0.2) is 4.39 Å². The Balaban J connectivity index is 1.55. The van der Waals surface area contributed by atoms with Crippen LogP contribution in [0.25, 0.3) is 0 Å². The van der Waals surface area contributed by atoms with Gasteiger partial charge in [-0.3, -0.25) is 14.6 Å². The number of piperidine rings is 1. The van der Waals surface area contributed by atoms with Crippen molar-refractivity contribution >= 4 is 11.8 Å². The Morgan fingerprint density at radius 1 is 1.24 bits per heavy atom. The number of aromatic nitrogens is 1. The van der Waals surface area contributed by atoms with Gasteiger partial charge >= 0.3 is 0 Å². The number of benzene rings is 1. The van der Waals surface area contributed by atoms with E-state index in [4.69, 9.17) is 4.74 Å². The first-order valence-corrected chi connectivity index (χ1v) is 9.77. The zero-order chi connectivity index (χ0) is 20.7. The van der Waals surface area contributed by atoms with Crippen LogP contribution < -0.4 is 10.1 Å². The number of amides is 2. The molecule has 1 fully saturated rings. The number of ether oxygens (including phenoxy) is 1. The predicted molar refractivity (Wildman–Crippen MR) is 107 cm³/mol. The summed E-state index contributed by atoms with van der Waals surface area (Å²) in [6.07, 6.45) is 4.57. The maximum Gasteiger partial charge on any atom is 0.259 e. The van der Waals surface area contributed by atoms with Crippen LogP contribution in [0.3, 0.4) is 0 Å². The maximum absolute atomic E-state index is 15.3. The Kier molecular flexibility index (Phi) is 6.80. The summed E-state index contributed by atoms with van der Waals surface area (Å²) >= 11 is 0. The first-order chi connectivity index (χ1) is 14.0. The Bertz CT molecular complexity index is 846. The summed E-state index contributed by atoms with van der Waals surface area (Å²) in [5, 5.41) is 2.65.